The van der Waals surface area contributed by atoms with Crippen molar-refractivity contribution in [3.63, 3.8) is 0 Å². The van der Waals surface area contributed by atoms with Crippen molar-refractivity contribution in [3.05, 3.63) is 44.0 Å². The third-order valence-corrected chi connectivity index (χ3v) is 8.48. The molecule has 2 aromatic rings. The first-order chi connectivity index (χ1) is 19.8. The monoisotopic (exact) mass is 604 g/mol. The molecule has 18 heteroatoms. The highest BCUT2D eigenvalue weighted by molar-refractivity contribution is 5.33. The van der Waals surface area contributed by atoms with Crippen LogP contribution in [0.1, 0.15) is 36.3 Å². The van der Waals surface area contributed by atoms with Crippen LogP contribution in [0.3, 0.4) is 0 Å². The lowest BCUT2D eigenvalue weighted by atomic mass is 9.98. The highest BCUT2D eigenvalue weighted by Gasteiger charge is 2.50. The quantitative estimate of drug-likeness (QED) is 0.274. The minimum atomic E-state index is -2.97. The number of hydrogen-bond acceptors (Lipinski definition) is 10. The van der Waals surface area contributed by atoms with Crippen molar-refractivity contribution in [3.8, 4) is 0 Å². The molecule has 2 unspecified atom stereocenters. The van der Waals surface area contributed by atoms with Crippen LogP contribution in [0.2, 0.25) is 0 Å². The van der Waals surface area contributed by atoms with E-state index in [4.69, 9.17) is 9.47 Å². The molecule has 6 heterocycles. The van der Waals surface area contributed by atoms with Gasteiger partial charge in [0.25, 0.3) is 11.8 Å². The zero-order valence-corrected chi connectivity index (χ0v) is 23.1. The third-order valence-electron chi connectivity index (χ3n) is 8.48. The first kappa shape index (κ1) is 30.2. The molecule has 0 aromatic carbocycles. The lowest BCUT2D eigenvalue weighted by Gasteiger charge is -2.44. The van der Waals surface area contributed by atoms with E-state index in [1.54, 1.807) is 9.80 Å². The Morgan fingerprint density at radius 1 is 0.762 bits per heavy atom. The number of nitrogens with zero attached hydrogens (tertiary/aromatic N) is 8. The van der Waals surface area contributed by atoms with Gasteiger partial charge in [-0.1, -0.05) is 0 Å². The fraction of sp³-hybridized carbons (Fsp3) is 0.750. The molecule has 0 N–H and O–H groups in total. The van der Waals surface area contributed by atoms with Crippen molar-refractivity contribution in [1.82, 2.24) is 29.4 Å². The second-order valence-corrected chi connectivity index (χ2v) is 11.1. The van der Waals surface area contributed by atoms with Crippen LogP contribution < -0.4 is 0 Å². The Morgan fingerprint density at radius 2 is 1.12 bits per heavy atom. The average Bonchev–Trinajstić information content (AvgIpc) is 3.39. The lowest BCUT2D eigenvalue weighted by molar-refractivity contribution is -0.385. The standard InChI is InChI=1S/2C12H16F2N4O3/c2*1-8-10(18(19)20)4-15-17(8)11-2-3-16(7-12(11,13)14)9-5-21-6-9/h2*4,9,11H,2-3,5-7H2,1H3. The highest BCUT2D eigenvalue weighted by Crippen LogP contribution is 2.40. The van der Waals surface area contributed by atoms with E-state index in [1.165, 1.54) is 13.8 Å². The summed E-state index contributed by atoms with van der Waals surface area (Å²) < 4.78 is 69.9. The van der Waals surface area contributed by atoms with E-state index in [0.717, 1.165) is 21.8 Å². The van der Waals surface area contributed by atoms with Crippen LogP contribution in [0.25, 0.3) is 0 Å². The van der Waals surface area contributed by atoms with Gasteiger partial charge in [0.05, 0.1) is 61.4 Å². The summed E-state index contributed by atoms with van der Waals surface area (Å²) in [7, 11) is 0. The minimum absolute atomic E-state index is 0.0601. The molecule has 4 saturated heterocycles. The largest absolute Gasteiger partial charge is 0.378 e. The second-order valence-electron chi connectivity index (χ2n) is 11.1. The average molecular weight is 605 g/mol. The summed E-state index contributed by atoms with van der Waals surface area (Å²) in [5.41, 5.74) is -0.101. The van der Waals surface area contributed by atoms with Gasteiger partial charge in [0, 0.05) is 13.1 Å². The van der Waals surface area contributed by atoms with Gasteiger partial charge in [-0.05, 0) is 26.7 Å². The predicted molar refractivity (Wildman–Crippen MR) is 137 cm³/mol. The molecule has 0 saturated carbocycles. The van der Waals surface area contributed by atoms with E-state index >= 15 is 0 Å². The molecule has 232 valence electrons. The van der Waals surface area contributed by atoms with Crippen LogP contribution in [-0.4, -0.2) is 116 Å². The molecular weight excluding hydrogens is 572 g/mol. The predicted octanol–water partition coefficient (Wildman–Crippen LogP) is 2.76. The highest BCUT2D eigenvalue weighted by atomic mass is 19.3. The number of likely N-dealkylation sites (tertiary alicyclic amines) is 2. The summed E-state index contributed by atoms with van der Waals surface area (Å²) in [6.07, 6.45) is 2.50. The van der Waals surface area contributed by atoms with Crippen LogP contribution in [0, 0.1) is 34.1 Å². The first-order valence-corrected chi connectivity index (χ1v) is 13.6. The van der Waals surface area contributed by atoms with Gasteiger partial charge in [-0.25, -0.2) is 17.6 Å². The number of rotatable bonds is 6. The molecule has 42 heavy (non-hydrogen) atoms. The summed E-state index contributed by atoms with van der Waals surface area (Å²) in [6, 6.07) is -2.15. The van der Waals surface area contributed by atoms with Crippen LogP contribution in [0.5, 0.6) is 0 Å². The van der Waals surface area contributed by atoms with Gasteiger partial charge in [-0.15, -0.1) is 0 Å². The Balaban J connectivity index is 0.000000168. The molecule has 0 amide bonds. The Morgan fingerprint density at radius 3 is 1.36 bits per heavy atom. The van der Waals surface area contributed by atoms with E-state index in [9.17, 15) is 37.8 Å². The maximum atomic E-state index is 14.4. The SMILES string of the molecule is Cc1c([N+](=O)[O-])cnn1C1CCN(C2COC2)CC1(F)F.Cc1c([N+](=O)[O-])cnn1C1CCN(C2COC2)CC1(F)F. The molecular formula is C24H32F4N8O6. The maximum absolute atomic E-state index is 14.4. The zero-order chi connectivity index (χ0) is 30.4. The number of aromatic nitrogens is 4. The molecule has 4 aliphatic heterocycles. The summed E-state index contributed by atoms with van der Waals surface area (Å²) >= 11 is 0. The van der Waals surface area contributed by atoms with Crippen molar-refractivity contribution in [1.29, 1.82) is 0 Å². The first-order valence-electron chi connectivity index (χ1n) is 13.6. The second kappa shape index (κ2) is 11.5. The van der Waals surface area contributed by atoms with E-state index in [2.05, 4.69) is 10.2 Å². The third kappa shape index (κ3) is 5.71. The van der Waals surface area contributed by atoms with Gasteiger partial charge < -0.3 is 9.47 Å². The number of ether oxygens (including phenoxy) is 2. The summed E-state index contributed by atoms with van der Waals surface area (Å²) in [5, 5.41) is 29.2. The fourth-order valence-electron chi connectivity index (χ4n) is 5.82. The molecule has 4 fully saturated rings. The van der Waals surface area contributed by atoms with E-state index in [1.807, 2.05) is 0 Å². The van der Waals surface area contributed by atoms with E-state index in [-0.39, 0.29) is 60.8 Å². The van der Waals surface area contributed by atoms with Crippen molar-refractivity contribution in [2.75, 3.05) is 52.6 Å². The molecule has 2 aromatic heterocycles. The molecule has 14 nitrogen and oxygen atoms in total. The van der Waals surface area contributed by atoms with Gasteiger partial charge in [0.15, 0.2) is 0 Å². The summed E-state index contributed by atoms with van der Waals surface area (Å²) in [4.78, 5) is 23.9. The van der Waals surface area contributed by atoms with E-state index < -0.39 is 33.8 Å². The normalized spacial score (nSPS) is 26.5. The number of hydrogen-bond donors (Lipinski definition) is 0. The zero-order valence-electron chi connectivity index (χ0n) is 23.1. The van der Waals surface area contributed by atoms with Crippen LogP contribution >= 0.6 is 0 Å². The number of piperidine rings is 2. The summed E-state index contributed by atoms with van der Waals surface area (Å²) in [5.74, 6) is -5.95. The topological polar surface area (TPSA) is 147 Å². The smallest absolute Gasteiger partial charge is 0.309 e. The van der Waals surface area contributed by atoms with E-state index in [0.29, 0.717) is 39.5 Å². The molecule has 0 spiro atoms. The summed E-state index contributed by atoms with van der Waals surface area (Å²) in [6.45, 7) is 5.18. The maximum Gasteiger partial charge on any atom is 0.309 e. The molecule has 4 aliphatic rings. The molecule has 0 radical (unpaired) electrons. The Hall–Kier alpha value is -3.22. The van der Waals surface area contributed by atoms with Gasteiger partial charge >= 0.3 is 11.4 Å². The van der Waals surface area contributed by atoms with Crippen molar-refractivity contribution in [2.45, 2.75) is 62.7 Å². The Labute approximate surface area is 237 Å². The number of nitro groups is 2. The molecule has 0 bridgehead atoms. The van der Waals surface area contributed by atoms with Gasteiger partial charge in [0.1, 0.15) is 35.9 Å². The lowest BCUT2D eigenvalue weighted by Crippen LogP contribution is -2.58. The van der Waals surface area contributed by atoms with Crippen molar-refractivity contribution < 1.29 is 36.9 Å². The Bertz CT molecular complexity index is 1220. The van der Waals surface area contributed by atoms with Gasteiger partial charge in [0.2, 0.25) is 0 Å². The van der Waals surface area contributed by atoms with Gasteiger partial charge in [-0.3, -0.25) is 39.4 Å². The van der Waals surface area contributed by atoms with Crippen LogP contribution in [0.15, 0.2) is 12.4 Å². The van der Waals surface area contributed by atoms with Gasteiger partial charge in [-0.2, -0.15) is 10.2 Å². The van der Waals surface area contributed by atoms with Crippen molar-refractivity contribution in [2.24, 2.45) is 0 Å². The molecule has 0 aliphatic carbocycles. The van der Waals surface area contributed by atoms with Crippen LogP contribution in [0.4, 0.5) is 28.9 Å². The molecule has 2 atom stereocenters. The molecule has 6 rings (SSSR count). The number of alkyl halides is 4. The van der Waals surface area contributed by atoms with Crippen LogP contribution in [-0.2, 0) is 9.47 Å². The Kier molecular flexibility index (Phi) is 8.25. The fourth-order valence-corrected chi connectivity index (χ4v) is 5.82. The minimum Gasteiger partial charge on any atom is -0.378 e. The van der Waals surface area contributed by atoms with Crippen molar-refractivity contribution >= 4 is 11.4 Å². The number of halogens is 4.